The molecule has 2 rings (SSSR count). The lowest BCUT2D eigenvalue weighted by molar-refractivity contribution is -0.141. The van der Waals surface area contributed by atoms with Crippen LogP contribution in [0.1, 0.15) is 30.9 Å². The summed E-state index contributed by atoms with van der Waals surface area (Å²) in [5.41, 5.74) is 1.95. The van der Waals surface area contributed by atoms with Crippen LogP contribution in [0.15, 0.2) is 18.2 Å². The molecule has 1 aliphatic heterocycles. The molecule has 1 saturated heterocycles. The van der Waals surface area contributed by atoms with Crippen molar-refractivity contribution in [1.29, 1.82) is 0 Å². The van der Waals surface area contributed by atoms with Crippen LogP contribution in [0, 0.1) is 12.3 Å². The van der Waals surface area contributed by atoms with E-state index in [4.69, 9.17) is 4.74 Å². The zero-order valence-electron chi connectivity index (χ0n) is 13.5. The van der Waals surface area contributed by atoms with E-state index in [9.17, 15) is 4.79 Å². The molecule has 0 saturated carbocycles. The third kappa shape index (κ3) is 3.56. The van der Waals surface area contributed by atoms with Crippen molar-refractivity contribution >= 4 is 5.91 Å². The number of amides is 1. The molecule has 1 atom stereocenters. The fourth-order valence-electron chi connectivity index (χ4n) is 3.06. The van der Waals surface area contributed by atoms with E-state index >= 15 is 0 Å². The molecule has 1 unspecified atom stereocenters. The van der Waals surface area contributed by atoms with Crippen molar-refractivity contribution in [1.82, 2.24) is 10.2 Å². The highest BCUT2D eigenvalue weighted by Crippen LogP contribution is 2.29. The minimum Gasteiger partial charge on any atom is -0.496 e. The van der Waals surface area contributed by atoms with Gasteiger partial charge in [-0.05, 0) is 39.3 Å². The molecule has 0 spiro atoms. The highest BCUT2D eigenvalue weighted by atomic mass is 16.5. The van der Waals surface area contributed by atoms with E-state index in [1.807, 2.05) is 24.1 Å². The van der Waals surface area contributed by atoms with Crippen molar-refractivity contribution in [3.63, 3.8) is 0 Å². The topological polar surface area (TPSA) is 41.6 Å². The van der Waals surface area contributed by atoms with Crippen LogP contribution in [0.4, 0.5) is 0 Å². The normalized spacial score (nSPS) is 21.9. The Kier molecular flexibility index (Phi) is 4.88. The van der Waals surface area contributed by atoms with Gasteiger partial charge < -0.3 is 15.0 Å². The molecule has 1 fully saturated rings. The fraction of sp³-hybridized carbons (Fsp3) is 0.588. The van der Waals surface area contributed by atoms with Gasteiger partial charge in [0.1, 0.15) is 5.75 Å². The molecule has 0 aliphatic carbocycles. The standard InChI is InChI=1S/C17H26N2O2/c1-13-6-7-15(21-4)14(10-13)11-19(3)16(20)17(2)8-5-9-18-12-17/h6-7,10,18H,5,8-9,11-12H2,1-4H3. The molecule has 1 aromatic rings. The molecule has 4 heteroatoms. The summed E-state index contributed by atoms with van der Waals surface area (Å²) in [5.74, 6) is 1.05. The van der Waals surface area contributed by atoms with Crippen molar-refractivity contribution in [3.05, 3.63) is 29.3 Å². The minimum absolute atomic E-state index is 0.207. The van der Waals surface area contributed by atoms with E-state index in [2.05, 4.69) is 25.2 Å². The van der Waals surface area contributed by atoms with Crippen LogP contribution in [-0.4, -0.2) is 38.1 Å². The number of methoxy groups -OCH3 is 1. The Balaban J connectivity index is 2.12. The van der Waals surface area contributed by atoms with Gasteiger partial charge in [0.2, 0.25) is 5.91 Å². The van der Waals surface area contributed by atoms with Crippen LogP contribution in [-0.2, 0) is 11.3 Å². The predicted octanol–water partition coefficient (Wildman–Crippen LogP) is 2.35. The van der Waals surface area contributed by atoms with Crippen molar-refractivity contribution in [2.45, 2.75) is 33.2 Å². The highest BCUT2D eigenvalue weighted by molar-refractivity contribution is 5.82. The molecule has 0 radical (unpaired) electrons. The van der Waals surface area contributed by atoms with E-state index in [1.54, 1.807) is 7.11 Å². The number of carbonyl (C=O) groups excluding carboxylic acids is 1. The second-order valence-corrected chi connectivity index (χ2v) is 6.32. The predicted molar refractivity (Wildman–Crippen MR) is 84.4 cm³/mol. The maximum absolute atomic E-state index is 12.8. The lowest BCUT2D eigenvalue weighted by Gasteiger charge is -2.36. The molecular formula is C17H26N2O2. The zero-order valence-corrected chi connectivity index (χ0v) is 13.5. The van der Waals surface area contributed by atoms with Gasteiger partial charge in [0.25, 0.3) is 0 Å². The quantitative estimate of drug-likeness (QED) is 0.925. The number of hydrogen-bond acceptors (Lipinski definition) is 3. The third-order valence-corrected chi connectivity index (χ3v) is 4.30. The van der Waals surface area contributed by atoms with E-state index < -0.39 is 0 Å². The average Bonchev–Trinajstić information content (AvgIpc) is 2.47. The van der Waals surface area contributed by atoms with Gasteiger partial charge in [-0.1, -0.05) is 17.7 Å². The lowest BCUT2D eigenvalue weighted by atomic mass is 9.81. The number of nitrogens with zero attached hydrogens (tertiary/aromatic N) is 1. The van der Waals surface area contributed by atoms with Crippen molar-refractivity contribution in [2.24, 2.45) is 5.41 Å². The molecule has 1 heterocycles. The van der Waals surface area contributed by atoms with Crippen molar-refractivity contribution in [3.8, 4) is 5.75 Å². The van der Waals surface area contributed by atoms with Gasteiger partial charge in [-0.15, -0.1) is 0 Å². The number of ether oxygens (including phenoxy) is 1. The first-order valence-corrected chi connectivity index (χ1v) is 7.56. The van der Waals surface area contributed by atoms with Gasteiger partial charge in [-0.2, -0.15) is 0 Å². The van der Waals surface area contributed by atoms with Gasteiger partial charge in [0.05, 0.1) is 12.5 Å². The largest absolute Gasteiger partial charge is 0.496 e. The monoisotopic (exact) mass is 290 g/mol. The van der Waals surface area contributed by atoms with Crippen LogP contribution in [0.5, 0.6) is 5.75 Å². The first-order chi connectivity index (χ1) is 9.96. The smallest absolute Gasteiger partial charge is 0.229 e. The second-order valence-electron chi connectivity index (χ2n) is 6.32. The molecule has 4 nitrogen and oxygen atoms in total. The van der Waals surface area contributed by atoms with Crippen LogP contribution in [0.3, 0.4) is 0 Å². The first-order valence-electron chi connectivity index (χ1n) is 7.56. The van der Waals surface area contributed by atoms with Gasteiger partial charge in [0, 0.05) is 25.7 Å². The van der Waals surface area contributed by atoms with Crippen LogP contribution >= 0.6 is 0 Å². The number of hydrogen-bond donors (Lipinski definition) is 1. The summed E-state index contributed by atoms with van der Waals surface area (Å²) in [5, 5.41) is 3.33. The number of carbonyl (C=O) groups is 1. The fourth-order valence-corrected chi connectivity index (χ4v) is 3.06. The molecule has 1 aliphatic rings. The van der Waals surface area contributed by atoms with Crippen LogP contribution in [0.25, 0.3) is 0 Å². The summed E-state index contributed by atoms with van der Waals surface area (Å²) in [6.45, 7) is 6.47. The molecule has 0 bridgehead atoms. The number of rotatable bonds is 4. The highest BCUT2D eigenvalue weighted by Gasteiger charge is 2.36. The summed E-state index contributed by atoms with van der Waals surface area (Å²) in [4.78, 5) is 14.6. The Hall–Kier alpha value is -1.55. The second kappa shape index (κ2) is 6.48. The number of nitrogens with one attached hydrogen (secondary N) is 1. The molecule has 1 aromatic carbocycles. The molecule has 1 N–H and O–H groups in total. The van der Waals surface area contributed by atoms with Gasteiger partial charge >= 0.3 is 0 Å². The molecule has 21 heavy (non-hydrogen) atoms. The van der Waals surface area contributed by atoms with E-state index in [-0.39, 0.29) is 11.3 Å². The Morgan fingerprint density at radius 1 is 1.48 bits per heavy atom. The van der Waals surface area contributed by atoms with E-state index in [0.29, 0.717) is 6.54 Å². The zero-order chi connectivity index (χ0) is 15.5. The van der Waals surface area contributed by atoms with E-state index in [0.717, 1.165) is 37.2 Å². The average molecular weight is 290 g/mol. The van der Waals surface area contributed by atoms with Gasteiger partial charge in [0.15, 0.2) is 0 Å². The SMILES string of the molecule is COc1ccc(C)cc1CN(C)C(=O)C1(C)CCCNC1. The number of aryl methyl sites for hydroxylation is 1. The van der Waals surface area contributed by atoms with Crippen LogP contribution < -0.4 is 10.1 Å². The first kappa shape index (κ1) is 15.8. The molecule has 1 amide bonds. The molecule has 0 aromatic heterocycles. The Bertz CT molecular complexity index is 508. The van der Waals surface area contributed by atoms with Gasteiger partial charge in [-0.25, -0.2) is 0 Å². The Morgan fingerprint density at radius 2 is 2.24 bits per heavy atom. The summed E-state index contributed by atoms with van der Waals surface area (Å²) in [6, 6.07) is 6.08. The maximum Gasteiger partial charge on any atom is 0.229 e. The van der Waals surface area contributed by atoms with Crippen molar-refractivity contribution < 1.29 is 9.53 Å². The summed E-state index contributed by atoms with van der Waals surface area (Å²) in [6.07, 6.45) is 2.01. The summed E-state index contributed by atoms with van der Waals surface area (Å²) >= 11 is 0. The number of piperidine rings is 1. The molecular weight excluding hydrogens is 264 g/mol. The lowest BCUT2D eigenvalue weighted by Crippen LogP contribution is -2.48. The van der Waals surface area contributed by atoms with E-state index in [1.165, 1.54) is 5.56 Å². The Morgan fingerprint density at radius 3 is 2.86 bits per heavy atom. The van der Waals surface area contributed by atoms with Crippen LogP contribution in [0.2, 0.25) is 0 Å². The summed E-state index contributed by atoms with van der Waals surface area (Å²) < 4.78 is 5.40. The summed E-state index contributed by atoms with van der Waals surface area (Å²) in [7, 11) is 3.55. The molecule has 116 valence electrons. The maximum atomic E-state index is 12.8. The third-order valence-electron chi connectivity index (χ3n) is 4.30. The number of benzene rings is 1. The van der Waals surface area contributed by atoms with Gasteiger partial charge in [-0.3, -0.25) is 4.79 Å². The minimum atomic E-state index is -0.288. The Labute approximate surface area is 127 Å². The van der Waals surface area contributed by atoms with Crippen molar-refractivity contribution in [2.75, 3.05) is 27.2 Å².